The van der Waals surface area contributed by atoms with Crippen molar-refractivity contribution in [1.82, 2.24) is 9.88 Å². The third-order valence-corrected chi connectivity index (χ3v) is 5.02. The molecule has 1 amide bonds. The Bertz CT molecular complexity index is 966. The zero-order valence-corrected chi connectivity index (χ0v) is 16.5. The molecule has 0 saturated carbocycles. The van der Waals surface area contributed by atoms with E-state index in [1.54, 1.807) is 4.90 Å². The molecule has 0 bridgehead atoms. The molecule has 1 heterocycles. The van der Waals surface area contributed by atoms with Crippen molar-refractivity contribution >= 4 is 16.8 Å². The molecule has 1 aromatic heterocycles. The number of carbonyl (C=O) groups is 1. The number of rotatable bonds is 6. The lowest BCUT2D eigenvalue weighted by Crippen LogP contribution is -2.32. The Hall–Kier alpha value is -2.88. The molecule has 0 aliphatic rings. The van der Waals surface area contributed by atoms with E-state index in [4.69, 9.17) is 4.74 Å². The van der Waals surface area contributed by atoms with Crippen molar-refractivity contribution in [3.8, 4) is 5.75 Å². The predicted octanol–water partition coefficient (Wildman–Crippen LogP) is 4.24. The van der Waals surface area contributed by atoms with E-state index in [2.05, 4.69) is 18.0 Å². The number of amides is 1. The Labute approximate surface area is 160 Å². The molecule has 140 valence electrons. The normalized spacial score (nSPS) is 10.8. The fraction of sp³-hybridized carbons (Fsp3) is 0.304. The van der Waals surface area contributed by atoms with Gasteiger partial charge in [-0.15, -0.1) is 0 Å². The second-order valence-corrected chi connectivity index (χ2v) is 6.92. The standard InChI is InChI=1S/C23H26N2O2/c1-16-9-5-8-12-22(16)27-14-13-25(4)23(26)15-20-17(2)19-10-6-7-11-21(19)24-18(20)3/h5-12H,13-15H2,1-4H3. The number of pyridine rings is 1. The first-order valence-electron chi connectivity index (χ1n) is 9.24. The van der Waals surface area contributed by atoms with Crippen LogP contribution >= 0.6 is 0 Å². The first kappa shape index (κ1) is 18.9. The van der Waals surface area contributed by atoms with Gasteiger partial charge in [-0.1, -0.05) is 36.4 Å². The summed E-state index contributed by atoms with van der Waals surface area (Å²) >= 11 is 0. The molecule has 0 spiro atoms. The third kappa shape index (κ3) is 4.27. The molecule has 4 nitrogen and oxygen atoms in total. The molecular weight excluding hydrogens is 336 g/mol. The van der Waals surface area contributed by atoms with Crippen LogP contribution in [-0.2, 0) is 11.2 Å². The summed E-state index contributed by atoms with van der Waals surface area (Å²) in [6, 6.07) is 16.0. The highest BCUT2D eigenvalue weighted by Crippen LogP contribution is 2.23. The number of nitrogens with zero attached hydrogens (tertiary/aromatic N) is 2. The summed E-state index contributed by atoms with van der Waals surface area (Å²) in [7, 11) is 1.82. The molecular formula is C23H26N2O2. The topological polar surface area (TPSA) is 42.4 Å². The number of aryl methyl sites for hydroxylation is 3. The highest BCUT2D eigenvalue weighted by molar-refractivity contribution is 5.86. The molecule has 3 rings (SSSR count). The Morgan fingerprint density at radius 1 is 1.04 bits per heavy atom. The van der Waals surface area contributed by atoms with Crippen molar-refractivity contribution in [2.45, 2.75) is 27.2 Å². The number of hydrogen-bond acceptors (Lipinski definition) is 3. The van der Waals surface area contributed by atoms with Crippen LogP contribution in [0.15, 0.2) is 48.5 Å². The largest absolute Gasteiger partial charge is 0.491 e. The summed E-state index contributed by atoms with van der Waals surface area (Å²) in [5, 5.41) is 1.11. The van der Waals surface area contributed by atoms with E-state index in [0.29, 0.717) is 19.6 Å². The van der Waals surface area contributed by atoms with Gasteiger partial charge in [-0.25, -0.2) is 0 Å². The lowest BCUT2D eigenvalue weighted by molar-refractivity contribution is -0.129. The number of para-hydroxylation sites is 2. The molecule has 27 heavy (non-hydrogen) atoms. The lowest BCUT2D eigenvalue weighted by Gasteiger charge is -2.19. The minimum absolute atomic E-state index is 0.0756. The zero-order chi connectivity index (χ0) is 19.4. The van der Waals surface area contributed by atoms with Gasteiger partial charge in [0, 0.05) is 18.1 Å². The molecule has 0 radical (unpaired) electrons. The highest BCUT2D eigenvalue weighted by Gasteiger charge is 2.16. The summed E-state index contributed by atoms with van der Waals surface area (Å²) in [4.78, 5) is 19.1. The van der Waals surface area contributed by atoms with E-state index >= 15 is 0 Å². The lowest BCUT2D eigenvalue weighted by atomic mass is 9.99. The molecule has 0 aliphatic heterocycles. The molecule has 0 atom stereocenters. The monoisotopic (exact) mass is 362 g/mol. The van der Waals surface area contributed by atoms with Gasteiger partial charge in [0.05, 0.1) is 18.5 Å². The first-order chi connectivity index (χ1) is 13.0. The molecule has 0 unspecified atom stereocenters. The third-order valence-electron chi connectivity index (χ3n) is 5.02. The summed E-state index contributed by atoms with van der Waals surface area (Å²) in [6.07, 6.45) is 0.358. The van der Waals surface area contributed by atoms with Crippen LogP contribution in [-0.4, -0.2) is 36.0 Å². The highest BCUT2D eigenvalue weighted by atomic mass is 16.5. The van der Waals surface area contributed by atoms with Crippen LogP contribution in [0.5, 0.6) is 5.75 Å². The summed E-state index contributed by atoms with van der Waals surface area (Å²) in [5.41, 5.74) is 5.15. The van der Waals surface area contributed by atoms with Crippen LogP contribution in [0.2, 0.25) is 0 Å². The number of benzene rings is 2. The molecule has 0 fully saturated rings. The van der Waals surface area contributed by atoms with Crippen molar-refractivity contribution in [2.75, 3.05) is 20.2 Å². The van der Waals surface area contributed by atoms with Gasteiger partial charge in [-0.2, -0.15) is 0 Å². The van der Waals surface area contributed by atoms with Crippen molar-refractivity contribution in [1.29, 1.82) is 0 Å². The van der Waals surface area contributed by atoms with E-state index in [1.165, 1.54) is 0 Å². The van der Waals surface area contributed by atoms with Crippen LogP contribution in [0.25, 0.3) is 10.9 Å². The zero-order valence-electron chi connectivity index (χ0n) is 16.5. The fourth-order valence-electron chi connectivity index (χ4n) is 3.25. The Morgan fingerprint density at radius 2 is 1.74 bits per heavy atom. The summed E-state index contributed by atoms with van der Waals surface area (Å²) in [6.45, 7) is 7.08. The van der Waals surface area contributed by atoms with Crippen LogP contribution in [0.1, 0.15) is 22.4 Å². The molecule has 2 aromatic carbocycles. The van der Waals surface area contributed by atoms with Crippen molar-refractivity contribution in [3.63, 3.8) is 0 Å². The maximum Gasteiger partial charge on any atom is 0.226 e. The minimum atomic E-state index is 0.0756. The van der Waals surface area contributed by atoms with Crippen LogP contribution < -0.4 is 4.74 Å². The van der Waals surface area contributed by atoms with Gasteiger partial charge >= 0.3 is 0 Å². The predicted molar refractivity (Wildman–Crippen MR) is 109 cm³/mol. The molecule has 0 saturated heterocycles. The van der Waals surface area contributed by atoms with Gasteiger partial charge < -0.3 is 9.64 Å². The second-order valence-electron chi connectivity index (χ2n) is 6.92. The first-order valence-corrected chi connectivity index (χ1v) is 9.24. The Morgan fingerprint density at radius 3 is 2.52 bits per heavy atom. The van der Waals surface area contributed by atoms with E-state index in [1.807, 2.05) is 63.4 Å². The smallest absolute Gasteiger partial charge is 0.226 e. The maximum atomic E-state index is 12.7. The van der Waals surface area contributed by atoms with E-state index < -0.39 is 0 Å². The van der Waals surface area contributed by atoms with Gasteiger partial charge in [0.2, 0.25) is 5.91 Å². The van der Waals surface area contributed by atoms with E-state index in [9.17, 15) is 4.79 Å². The quantitative estimate of drug-likeness (QED) is 0.659. The second kappa shape index (κ2) is 8.21. The number of hydrogen-bond donors (Lipinski definition) is 0. The Balaban J connectivity index is 1.64. The van der Waals surface area contributed by atoms with Gasteiger partial charge in [0.15, 0.2) is 0 Å². The Kier molecular flexibility index (Phi) is 5.75. The average molecular weight is 362 g/mol. The molecule has 4 heteroatoms. The maximum absolute atomic E-state index is 12.7. The van der Waals surface area contributed by atoms with Crippen LogP contribution in [0.4, 0.5) is 0 Å². The summed E-state index contributed by atoms with van der Waals surface area (Å²) in [5.74, 6) is 0.940. The van der Waals surface area contributed by atoms with E-state index in [-0.39, 0.29) is 5.91 Å². The summed E-state index contributed by atoms with van der Waals surface area (Å²) < 4.78 is 5.81. The number of ether oxygens (including phenoxy) is 1. The number of aromatic nitrogens is 1. The van der Waals surface area contributed by atoms with Crippen LogP contribution in [0.3, 0.4) is 0 Å². The van der Waals surface area contributed by atoms with Gasteiger partial charge in [0.1, 0.15) is 12.4 Å². The van der Waals surface area contributed by atoms with Crippen molar-refractivity contribution in [3.05, 3.63) is 70.9 Å². The van der Waals surface area contributed by atoms with Crippen LogP contribution in [0, 0.1) is 20.8 Å². The minimum Gasteiger partial charge on any atom is -0.491 e. The molecule has 0 aliphatic carbocycles. The van der Waals surface area contributed by atoms with Gasteiger partial charge in [-0.05, 0) is 49.6 Å². The average Bonchev–Trinajstić information content (AvgIpc) is 2.66. The van der Waals surface area contributed by atoms with E-state index in [0.717, 1.165) is 39.0 Å². The molecule has 3 aromatic rings. The SMILES string of the molecule is Cc1ccccc1OCCN(C)C(=O)Cc1c(C)nc2ccccc2c1C. The number of likely N-dealkylation sites (N-methyl/N-ethyl adjacent to an activating group) is 1. The van der Waals surface area contributed by atoms with Crippen molar-refractivity contribution < 1.29 is 9.53 Å². The molecule has 0 N–H and O–H groups in total. The van der Waals surface area contributed by atoms with Crippen molar-refractivity contribution in [2.24, 2.45) is 0 Å². The van der Waals surface area contributed by atoms with Gasteiger partial charge in [-0.3, -0.25) is 9.78 Å². The van der Waals surface area contributed by atoms with Gasteiger partial charge in [0.25, 0.3) is 0 Å². The number of carbonyl (C=O) groups excluding carboxylic acids is 1. The number of fused-ring (bicyclic) bond motifs is 1. The fourth-order valence-corrected chi connectivity index (χ4v) is 3.25.